The summed E-state index contributed by atoms with van der Waals surface area (Å²) >= 11 is 5.35. The predicted molar refractivity (Wildman–Crippen MR) is 33.0 cm³/mol. The summed E-state index contributed by atoms with van der Waals surface area (Å²) in [4.78, 5) is 5.94. The summed E-state index contributed by atoms with van der Waals surface area (Å²) in [7, 11) is 0. The summed E-state index contributed by atoms with van der Waals surface area (Å²) in [5.41, 5.74) is 0.139. The van der Waals surface area contributed by atoms with Gasteiger partial charge in [0.15, 0.2) is 11.4 Å². The highest BCUT2D eigenvalue weighted by Crippen LogP contribution is 2.06. The molecule has 0 aliphatic rings. The lowest BCUT2D eigenvalue weighted by molar-refractivity contribution is 1.29. The van der Waals surface area contributed by atoms with Crippen LogP contribution in [0.25, 0.3) is 0 Å². The molecule has 0 fully saturated rings. The molecule has 0 aliphatic heterocycles. The van der Waals surface area contributed by atoms with Crippen molar-refractivity contribution in [1.29, 1.82) is 10.5 Å². The van der Waals surface area contributed by atoms with Crippen LogP contribution in [0, 0.1) is 22.7 Å². The second-order valence-electron chi connectivity index (χ2n) is 1.47. The molecule has 1 heterocycles. The molecule has 0 aromatic carbocycles. The molecule has 4 nitrogen and oxygen atoms in total. The summed E-state index contributed by atoms with van der Waals surface area (Å²) in [6.45, 7) is 0. The number of H-pyrrole nitrogens is 1. The average molecular weight is 153 g/mol. The zero-order valence-corrected chi connectivity index (χ0v) is 5.48. The number of aromatic nitrogens is 2. The maximum atomic E-state index is 8.33. The Labute approximate surface area is 61.7 Å². The van der Waals surface area contributed by atoms with Crippen LogP contribution in [0.4, 0.5) is 0 Å². The van der Waals surface area contributed by atoms with Gasteiger partial charge in [-0.15, -0.1) is 0 Å². The molecule has 5 heteroatoms. The van der Waals surface area contributed by atoms with Crippen LogP contribution < -0.4 is 0 Å². The first-order valence-electron chi connectivity index (χ1n) is 2.33. The Morgan fingerprint density at radius 3 is 2.50 bits per heavy atom. The molecule has 0 atom stereocenters. The van der Waals surface area contributed by atoms with E-state index in [9.17, 15) is 0 Å². The summed E-state index contributed by atoms with van der Waals surface area (Å²) < 4.78 is 0. The van der Waals surface area contributed by atoms with Gasteiger partial charge in [-0.2, -0.15) is 10.5 Å². The SMILES string of the molecule is N#Cc1nc(Cl)[nH]c1C#N. The van der Waals surface area contributed by atoms with Gasteiger partial charge < -0.3 is 4.98 Å². The summed E-state index contributed by atoms with van der Waals surface area (Å²) in [5.74, 6) is 0. The van der Waals surface area contributed by atoms with Crippen LogP contribution in [0.5, 0.6) is 0 Å². The number of nitriles is 2. The van der Waals surface area contributed by atoms with E-state index >= 15 is 0 Å². The maximum Gasteiger partial charge on any atom is 0.202 e. The average Bonchev–Trinajstić information content (AvgIpc) is 2.30. The van der Waals surface area contributed by atoms with Crippen LogP contribution in [-0.4, -0.2) is 9.97 Å². The van der Waals surface area contributed by atoms with Gasteiger partial charge in [0.25, 0.3) is 0 Å². The highest BCUT2D eigenvalue weighted by molar-refractivity contribution is 6.28. The summed E-state index contributed by atoms with van der Waals surface area (Å²) in [5, 5.41) is 16.7. The number of nitrogens with zero attached hydrogens (tertiary/aromatic N) is 3. The van der Waals surface area contributed by atoms with E-state index in [2.05, 4.69) is 9.97 Å². The third kappa shape index (κ3) is 0.928. The van der Waals surface area contributed by atoms with E-state index < -0.39 is 0 Å². The third-order valence-electron chi connectivity index (χ3n) is 0.893. The van der Waals surface area contributed by atoms with E-state index in [0.717, 1.165) is 0 Å². The van der Waals surface area contributed by atoms with Crippen molar-refractivity contribution < 1.29 is 0 Å². The maximum absolute atomic E-state index is 8.33. The van der Waals surface area contributed by atoms with E-state index in [4.69, 9.17) is 22.1 Å². The largest absolute Gasteiger partial charge is 0.319 e. The fourth-order valence-electron chi connectivity index (χ4n) is 0.506. The van der Waals surface area contributed by atoms with Crippen molar-refractivity contribution in [2.24, 2.45) is 0 Å². The van der Waals surface area contributed by atoms with Crippen molar-refractivity contribution in [3.8, 4) is 12.1 Å². The summed E-state index contributed by atoms with van der Waals surface area (Å²) in [6.07, 6.45) is 0. The van der Waals surface area contributed by atoms with Gasteiger partial charge in [-0.1, -0.05) is 0 Å². The van der Waals surface area contributed by atoms with Gasteiger partial charge in [-0.3, -0.25) is 0 Å². The number of hydrogen-bond acceptors (Lipinski definition) is 3. The molecule has 1 aromatic heterocycles. The van der Waals surface area contributed by atoms with Gasteiger partial charge in [-0.05, 0) is 11.6 Å². The number of halogens is 1. The smallest absolute Gasteiger partial charge is 0.202 e. The Morgan fingerprint density at radius 1 is 1.40 bits per heavy atom. The lowest BCUT2D eigenvalue weighted by Crippen LogP contribution is -1.77. The van der Waals surface area contributed by atoms with Crippen molar-refractivity contribution in [2.45, 2.75) is 0 Å². The Balaban J connectivity index is 3.28. The lowest BCUT2D eigenvalue weighted by Gasteiger charge is -1.73. The molecule has 10 heavy (non-hydrogen) atoms. The number of imidazole rings is 1. The van der Waals surface area contributed by atoms with Gasteiger partial charge >= 0.3 is 0 Å². The van der Waals surface area contributed by atoms with Crippen molar-refractivity contribution in [3.63, 3.8) is 0 Å². The first-order chi connectivity index (χ1) is 4.77. The second-order valence-corrected chi connectivity index (χ2v) is 1.83. The first kappa shape index (κ1) is 6.60. The number of rotatable bonds is 0. The van der Waals surface area contributed by atoms with E-state index in [-0.39, 0.29) is 16.7 Å². The quantitative estimate of drug-likeness (QED) is 0.598. The number of aromatic amines is 1. The van der Waals surface area contributed by atoms with Crippen LogP contribution in [0.2, 0.25) is 5.28 Å². The van der Waals surface area contributed by atoms with Crippen LogP contribution in [0.1, 0.15) is 11.4 Å². The zero-order valence-electron chi connectivity index (χ0n) is 4.72. The fourth-order valence-corrected chi connectivity index (χ4v) is 0.685. The molecule has 0 aliphatic carbocycles. The minimum absolute atomic E-state index is 0.0347. The van der Waals surface area contributed by atoms with Crippen molar-refractivity contribution in [3.05, 3.63) is 16.7 Å². The normalized spacial score (nSPS) is 8.30. The molecule has 1 aromatic rings. The van der Waals surface area contributed by atoms with Crippen molar-refractivity contribution in [1.82, 2.24) is 9.97 Å². The van der Waals surface area contributed by atoms with Crippen LogP contribution in [-0.2, 0) is 0 Å². The molecular formula is C5HClN4. The van der Waals surface area contributed by atoms with Crippen LogP contribution >= 0.6 is 11.6 Å². The van der Waals surface area contributed by atoms with Gasteiger partial charge in [0.2, 0.25) is 5.28 Å². The molecule has 0 bridgehead atoms. The molecule has 0 radical (unpaired) electrons. The standard InChI is InChI=1S/C5HClN4/c6-5-9-3(1-7)4(2-8)10-5/h(H,9,10). The Morgan fingerprint density at radius 2 is 2.10 bits per heavy atom. The summed E-state index contributed by atoms with van der Waals surface area (Å²) in [6, 6.07) is 3.46. The first-order valence-corrected chi connectivity index (χ1v) is 2.71. The van der Waals surface area contributed by atoms with Crippen molar-refractivity contribution >= 4 is 11.6 Å². The number of nitrogens with one attached hydrogen (secondary N) is 1. The Kier molecular flexibility index (Phi) is 1.57. The Hall–Kier alpha value is -1.52. The second kappa shape index (κ2) is 2.38. The topological polar surface area (TPSA) is 76.3 Å². The minimum atomic E-state index is 0.0347. The lowest BCUT2D eigenvalue weighted by atomic mass is 10.4. The molecule has 1 N–H and O–H groups in total. The molecular weight excluding hydrogens is 152 g/mol. The van der Waals surface area contributed by atoms with Gasteiger partial charge in [0.05, 0.1) is 0 Å². The highest BCUT2D eigenvalue weighted by Gasteiger charge is 2.05. The molecule has 0 spiro atoms. The molecule has 0 amide bonds. The predicted octanol–water partition coefficient (Wildman–Crippen LogP) is 0.806. The number of hydrogen-bond donors (Lipinski definition) is 1. The molecule has 1 rings (SSSR count). The van der Waals surface area contributed by atoms with Gasteiger partial charge in [0, 0.05) is 0 Å². The van der Waals surface area contributed by atoms with E-state index in [1.165, 1.54) is 0 Å². The van der Waals surface area contributed by atoms with Crippen molar-refractivity contribution in [2.75, 3.05) is 0 Å². The Bertz CT molecular complexity index is 295. The third-order valence-corrected chi connectivity index (χ3v) is 1.07. The van der Waals surface area contributed by atoms with Gasteiger partial charge in [-0.25, -0.2) is 4.98 Å². The van der Waals surface area contributed by atoms with Crippen LogP contribution in [0.15, 0.2) is 0 Å². The molecule has 0 saturated carbocycles. The molecule has 0 saturated heterocycles. The van der Waals surface area contributed by atoms with Gasteiger partial charge in [0.1, 0.15) is 12.1 Å². The van der Waals surface area contributed by atoms with E-state index in [1.807, 2.05) is 0 Å². The van der Waals surface area contributed by atoms with E-state index in [0.29, 0.717) is 0 Å². The van der Waals surface area contributed by atoms with E-state index in [1.54, 1.807) is 12.1 Å². The monoisotopic (exact) mass is 152 g/mol. The minimum Gasteiger partial charge on any atom is -0.319 e. The van der Waals surface area contributed by atoms with Crippen LogP contribution in [0.3, 0.4) is 0 Å². The molecule has 0 unspecified atom stereocenters. The zero-order chi connectivity index (χ0) is 7.56. The molecule has 48 valence electrons. The fraction of sp³-hybridized carbons (Fsp3) is 0. The highest BCUT2D eigenvalue weighted by atomic mass is 35.5.